The van der Waals surface area contributed by atoms with Crippen LogP contribution in [0.1, 0.15) is 161 Å². The molecule has 65 heavy (non-hydrogen) atoms. The topological polar surface area (TPSA) is 93.9 Å². The first kappa shape index (κ1) is 47.3. The number of aromatic hydroxyl groups is 1. The second-order valence-electron chi connectivity index (χ2n) is 22.0. The minimum atomic E-state index is -0.206. The first-order valence-electron chi connectivity index (χ1n) is 23.2. The number of aliphatic hydroxyl groups is 1. The molecule has 0 unspecified atom stereocenters. The van der Waals surface area contributed by atoms with Gasteiger partial charge in [0.1, 0.15) is 42.8 Å². The number of aromatic nitrogens is 2. The van der Waals surface area contributed by atoms with Gasteiger partial charge in [0.05, 0.1) is 18.0 Å². The predicted molar refractivity (Wildman–Crippen MR) is 263 cm³/mol. The van der Waals surface area contributed by atoms with E-state index in [0.29, 0.717) is 25.7 Å². The van der Waals surface area contributed by atoms with Gasteiger partial charge in [-0.15, -0.1) is 0 Å². The zero-order chi connectivity index (χ0) is 46.9. The molecule has 342 valence electrons. The second kappa shape index (κ2) is 18.7. The maximum absolute atomic E-state index is 12.6. The highest BCUT2D eigenvalue weighted by molar-refractivity contribution is 5.60. The van der Waals surface area contributed by atoms with Crippen molar-refractivity contribution in [3.63, 3.8) is 0 Å². The molecule has 7 rings (SSSR count). The third-order valence-corrected chi connectivity index (χ3v) is 12.5. The number of phenolic OH excluding ortho intramolecular Hbond substituents is 1. The number of benzene rings is 4. The van der Waals surface area contributed by atoms with E-state index in [9.17, 15) is 10.2 Å². The number of nitrogens with zero attached hydrogens (tertiary/aromatic N) is 2. The van der Waals surface area contributed by atoms with Crippen LogP contribution in [0.4, 0.5) is 0 Å². The molecule has 0 radical (unpaired) electrons. The predicted octanol–water partition coefficient (Wildman–Crippen LogP) is 12.6. The lowest BCUT2D eigenvalue weighted by Crippen LogP contribution is -2.17. The van der Waals surface area contributed by atoms with Gasteiger partial charge in [0.15, 0.2) is 0 Å². The highest BCUT2D eigenvalue weighted by Crippen LogP contribution is 2.44. The van der Waals surface area contributed by atoms with Crippen LogP contribution in [0.3, 0.4) is 0 Å². The fraction of sp³-hybridized carbons (Fsp3) is 0.414. The van der Waals surface area contributed by atoms with Crippen LogP contribution in [0.15, 0.2) is 97.3 Å². The Bertz CT molecular complexity index is 2620. The quantitative estimate of drug-likeness (QED) is 0.149. The van der Waals surface area contributed by atoms with Crippen LogP contribution in [0.2, 0.25) is 0 Å². The monoisotopic (exact) mass is 875 g/mol. The Hall–Kier alpha value is -5.66. The molecule has 1 aliphatic rings. The maximum atomic E-state index is 12.6. The molecule has 0 fully saturated rings. The molecule has 0 saturated carbocycles. The maximum Gasteiger partial charge on any atom is 0.130 e. The van der Waals surface area contributed by atoms with Crippen LogP contribution in [-0.2, 0) is 60.6 Å². The van der Waals surface area contributed by atoms with Crippen molar-refractivity contribution >= 4 is 0 Å². The van der Waals surface area contributed by atoms with E-state index >= 15 is 0 Å². The molecular weight excluding hydrogens is 805 g/mol. The van der Waals surface area contributed by atoms with E-state index in [-0.39, 0.29) is 53.8 Å². The van der Waals surface area contributed by atoms with Gasteiger partial charge in [-0.1, -0.05) is 144 Å². The Morgan fingerprint density at radius 3 is 1.00 bits per heavy atom. The van der Waals surface area contributed by atoms with E-state index in [1.807, 2.05) is 36.4 Å². The zero-order valence-corrected chi connectivity index (χ0v) is 40.9. The van der Waals surface area contributed by atoms with E-state index in [1.165, 1.54) is 11.1 Å². The summed E-state index contributed by atoms with van der Waals surface area (Å²) in [6.07, 6.45) is 5.49. The summed E-state index contributed by atoms with van der Waals surface area (Å²) >= 11 is 0. The summed E-state index contributed by atoms with van der Waals surface area (Å²) in [5.74, 6) is 2.59. The summed E-state index contributed by atoms with van der Waals surface area (Å²) in [6, 6.07) is 29.9. The van der Waals surface area contributed by atoms with Gasteiger partial charge in [-0.25, -0.2) is 0 Å². The van der Waals surface area contributed by atoms with Gasteiger partial charge in [-0.3, -0.25) is 9.97 Å². The Kier molecular flexibility index (Phi) is 13.6. The van der Waals surface area contributed by atoms with E-state index in [4.69, 9.17) is 14.2 Å². The summed E-state index contributed by atoms with van der Waals surface area (Å²) in [6.45, 7) is 27.5. The average molecular weight is 875 g/mol. The molecular formula is C58H70N2O5. The van der Waals surface area contributed by atoms with E-state index in [1.54, 1.807) is 12.4 Å². The smallest absolute Gasteiger partial charge is 0.130 e. The summed E-state index contributed by atoms with van der Waals surface area (Å²) in [5, 5.41) is 22.8. The third-order valence-electron chi connectivity index (χ3n) is 12.5. The third kappa shape index (κ3) is 11.2. The van der Waals surface area contributed by atoms with Gasteiger partial charge in [0.25, 0.3) is 0 Å². The first-order valence-corrected chi connectivity index (χ1v) is 23.2. The van der Waals surface area contributed by atoms with Crippen LogP contribution in [0.5, 0.6) is 23.0 Å². The number of rotatable bonds is 9. The van der Waals surface area contributed by atoms with Crippen molar-refractivity contribution in [1.82, 2.24) is 9.97 Å². The number of pyridine rings is 2. The van der Waals surface area contributed by atoms with Crippen molar-refractivity contribution < 1.29 is 24.4 Å². The number of ether oxygens (including phenoxy) is 3. The van der Waals surface area contributed by atoms with Crippen molar-refractivity contribution in [2.75, 3.05) is 13.2 Å². The number of hydrogen-bond acceptors (Lipinski definition) is 7. The standard InChI is InChI=1S/C58H70N2O5/c1-55(2,3)45-27-37-23-39-29-46(56(4,5)6)31-41(52(39)63-22-21-61)25-42-32-48(58(10,11)12)34-44(54(42)65-36-50-18-14-16-20-60-50)26-43-33-47(57(7,8)9)30-40(24-38(28-45)51(37)62)53(43)64-35-49-17-13-15-19-59-49/h13-20,27-34,61-62H,21-26,35-36H2,1-12H3. The van der Waals surface area contributed by atoms with Crippen molar-refractivity contribution in [2.45, 2.75) is 144 Å². The Labute approximate surface area is 388 Å². The fourth-order valence-corrected chi connectivity index (χ4v) is 8.60. The highest BCUT2D eigenvalue weighted by atomic mass is 16.5. The average Bonchev–Trinajstić information content (AvgIpc) is 3.22. The van der Waals surface area contributed by atoms with Gasteiger partial charge in [-0.05, 0) is 113 Å². The molecule has 0 aliphatic heterocycles. The molecule has 6 aromatic rings. The van der Waals surface area contributed by atoms with Crippen LogP contribution >= 0.6 is 0 Å². The lowest BCUT2D eigenvalue weighted by molar-refractivity contribution is 0.199. The molecule has 8 bridgehead atoms. The summed E-state index contributed by atoms with van der Waals surface area (Å²) in [5.41, 5.74) is 13.3. The lowest BCUT2D eigenvalue weighted by Gasteiger charge is -2.29. The molecule has 7 heteroatoms. The zero-order valence-electron chi connectivity index (χ0n) is 40.9. The normalized spacial score (nSPS) is 13.4. The molecule has 0 amide bonds. The van der Waals surface area contributed by atoms with Gasteiger partial charge in [0, 0.05) is 38.1 Å². The molecule has 4 aromatic carbocycles. The summed E-state index contributed by atoms with van der Waals surface area (Å²) in [4.78, 5) is 9.30. The minimum Gasteiger partial charge on any atom is -0.507 e. The van der Waals surface area contributed by atoms with Crippen LogP contribution < -0.4 is 14.2 Å². The van der Waals surface area contributed by atoms with Crippen molar-refractivity contribution in [1.29, 1.82) is 0 Å². The largest absolute Gasteiger partial charge is 0.507 e. The van der Waals surface area contributed by atoms with Crippen LogP contribution in [0.25, 0.3) is 0 Å². The van der Waals surface area contributed by atoms with Crippen LogP contribution in [-0.4, -0.2) is 33.4 Å². The van der Waals surface area contributed by atoms with E-state index < -0.39 is 0 Å². The first-order chi connectivity index (χ1) is 30.6. The summed E-state index contributed by atoms with van der Waals surface area (Å²) < 4.78 is 20.7. The molecule has 1 aliphatic carbocycles. The lowest BCUT2D eigenvalue weighted by atomic mass is 9.79. The van der Waals surface area contributed by atoms with E-state index in [0.717, 1.165) is 84.3 Å². The number of hydrogen-bond donors (Lipinski definition) is 2. The molecule has 2 N–H and O–H groups in total. The van der Waals surface area contributed by atoms with Gasteiger partial charge in [-0.2, -0.15) is 0 Å². The molecule has 7 nitrogen and oxygen atoms in total. The van der Waals surface area contributed by atoms with Crippen molar-refractivity contribution in [3.8, 4) is 23.0 Å². The highest BCUT2D eigenvalue weighted by Gasteiger charge is 2.29. The number of fused-ring (bicyclic) bond motifs is 8. The Balaban J connectivity index is 1.59. The molecule has 0 atom stereocenters. The van der Waals surface area contributed by atoms with E-state index in [2.05, 4.69) is 142 Å². The van der Waals surface area contributed by atoms with Crippen molar-refractivity contribution in [2.24, 2.45) is 0 Å². The Morgan fingerprint density at radius 1 is 0.431 bits per heavy atom. The molecule has 2 heterocycles. The number of aliphatic hydroxyl groups excluding tert-OH is 1. The van der Waals surface area contributed by atoms with Gasteiger partial charge < -0.3 is 24.4 Å². The summed E-state index contributed by atoms with van der Waals surface area (Å²) in [7, 11) is 0. The SMILES string of the molecule is CC(C)(C)c1cc2c(O)c(c1)Cc1cc(C(C)(C)C)cc(c1OCc1ccccn1)Cc1cc(C(C)(C)C)cc(c1OCc1ccccn1)Cc1cc(C(C)(C)C)cc(c1OCCO)C2. The fourth-order valence-electron chi connectivity index (χ4n) is 8.60. The number of phenols is 1. The molecule has 0 spiro atoms. The van der Waals surface area contributed by atoms with Gasteiger partial charge >= 0.3 is 0 Å². The van der Waals surface area contributed by atoms with Crippen LogP contribution in [0, 0.1) is 0 Å². The Morgan fingerprint density at radius 2 is 0.723 bits per heavy atom. The molecule has 0 saturated heterocycles. The minimum absolute atomic E-state index is 0.129. The molecule has 2 aromatic heterocycles. The van der Waals surface area contributed by atoms with Crippen molar-refractivity contribution in [3.05, 3.63) is 175 Å². The second-order valence-corrected chi connectivity index (χ2v) is 22.0. The van der Waals surface area contributed by atoms with Gasteiger partial charge in [0.2, 0.25) is 0 Å².